The maximum absolute atomic E-state index is 12.0. The van der Waals surface area contributed by atoms with E-state index in [0.717, 1.165) is 26.1 Å². The quantitative estimate of drug-likeness (QED) is 0.913. The molecule has 1 unspecified atom stereocenters. The molecule has 0 saturated carbocycles. The molecule has 1 aliphatic rings. The van der Waals surface area contributed by atoms with Crippen LogP contribution >= 0.6 is 23.7 Å². The van der Waals surface area contributed by atoms with E-state index in [1.54, 1.807) is 11.3 Å². The lowest BCUT2D eigenvalue weighted by atomic mass is 10.1. The van der Waals surface area contributed by atoms with Crippen LogP contribution < -0.4 is 5.32 Å². The third-order valence-corrected chi connectivity index (χ3v) is 3.76. The first-order chi connectivity index (χ1) is 7.77. The van der Waals surface area contributed by atoms with Crippen molar-refractivity contribution in [3.63, 3.8) is 0 Å². The van der Waals surface area contributed by atoms with E-state index in [1.165, 1.54) is 5.56 Å². The summed E-state index contributed by atoms with van der Waals surface area (Å²) in [7, 11) is 0. The predicted octanol–water partition coefficient (Wildman–Crippen LogP) is 1.92. The molecule has 17 heavy (non-hydrogen) atoms. The molecule has 1 amide bonds. The molecule has 3 nitrogen and oxygen atoms in total. The minimum Gasteiger partial charge on any atom is -0.337 e. The molecule has 96 valence electrons. The van der Waals surface area contributed by atoms with Gasteiger partial charge in [0.2, 0.25) is 5.91 Å². The number of aryl methyl sites for hydroxylation is 1. The highest BCUT2D eigenvalue weighted by Gasteiger charge is 2.22. The smallest absolute Gasteiger partial charge is 0.223 e. The Bertz CT molecular complexity index is 342. The maximum atomic E-state index is 12.0. The lowest BCUT2D eigenvalue weighted by Crippen LogP contribution is -2.52. The second-order valence-electron chi connectivity index (χ2n) is 4.27. The van der Waals surface area contributed by atoms with Crippen molar-refractivity contribution in [1.82, 2.24) is 10.2 Å². The first kappa shape index (κ1) is 14.5. The summed E-state index contributed by atoms with van der Waals surface area (Å²) < 4.78 is 0. The minimum absolute atomic E-state index is 0. The molecule has 0 bridgehead atoms. The summed E-state index contributed by atoms with van der Waals surface area (Å²) in [6, 6.07) is 2.43. The van der Waals surface area contributed by atoms with Crippen LogP contribution in [-0.2, 0) is 11.2 Å². The molecule has 2 heterocycles. The number of nitrogens with zero attached hydrogens (tertiary/aromatic N) is 1. The fourth-order valence-electron chi connectivity index (χ4n) is 2.04. The Labute approximate surface area is 113 Å². The van der Waals surface area contributed by atoms with Crippen molar-refractivity contribution < 1.29 is 4.79 Å². The van der Waals surface area contributed by atoms with Gasteiger partial charge in [-0.2, -0.15) is 11.3 Å². The van der Waals surface area contributed by atoms with Gasteiger partial charge in [0.25, 0.3) is 0 Å². The number of halogens is 1. The highest BCUT2D eigenvalue weighted by Crippen LogP contribution is 2.11. The Morgan fingerprint density at radius 2 is 2.47 bits per heavy atom. The van der Waals surface area contributed by atoms with Crippen LogP contribution in [0.2, 0.25) is 0 Å². The SMILES string of the molecule is CC1CNCCN1C(=O)CCc1ccsc1.Cl. The highest BCUT2D eigenvalue weighted by atomic mass is 35.5. The number of carbonyl (C=O) groups excluding carboxylic acids is 1. The molecule has 1 fully saturated rings. The van der Waals surface area contributed by atoms with Gasteiger partial charge in [-0.15, -0.1) is 12.4 Å². The van der Waals surface area contributed by atoms with Crippen molar-refractivity contribution in [2.75, 3.05) is 19.6 Å². The molecule has 1 aromatic rings. The molecule has 1 aromatic heterocycles. The zero-order valence-corrected chi connectivity index (χ0v) is 11.6. The molecule has 1 aliphatic heterocycles. The normalized spacial score (nSPS) is 19.8. The topological polar surface area (TPSA) is 32.3 Å². The van der Waals surface area contributed by atoms with Gasteiger partial charge in [-0.3, -0.25) is 4.79 Å². The van der Waals surface area contributed by atoms with E-state index in [2.05, 4.69) is 29.1 Å². The third-order valence-electron chi connectivity index (χ3n) is 3.03. The van der Waals surface area contributed by atoms with Crippen LogP contribution in [0.1, 0.15) is 18.9 Å². The van der Waals surface area contributed by atoms with Crippen molar-refractivity contribution >= 4 is 29.7 Å². The molecule has 1 saturated heterocycles. The Morgan fingerprint density at radius 1 is 1.65 bits per heavy atom. The molecule has 1 atom stereocenters. The zero-order chi connectivity index (χ0) is 11.4. The number of carbonyl (C=O) groups is 1. The monoisotopic (exact) mass is 274 g/mol. The molecule has 1 N–H and O–H groups in total. The van der Waals surface area contributed by atoms with Crippen molar-refractivity contribution in [3.05, 3.63) is 22.4 Å². The average Bonchev–Trinajstić information content (AvgIpc) is 2.79. The van der Waals surface area contributed by atoms with E-state index in [1.807, 2.05) is 4.90 Å². The number of rotatable bonds is 3. The molecule has 0 aliphatic carbocycles. The summed E-state index contributed by atoms with van der Waals surface area (Å²) >= 11 is 1.69. The summed E-state index contributed by atoms with van der Waals surface area (Å²) in [5.74, 6) is 0.292. The van der Waals surface area contributed by atoms with Crippen LogP contribution in [0, 0.1) is 0 Å². The third kappa shape index (κ3) is 3.98. The number of thiophene rings is 1. The summed E-state index contributed by atoms with van der Waals surface area (Å²) in [5, 5.41) is 7.48. The van der Waals surface area contributed by atoms with Crippen LogP contribution in [0.25, 0.3) is 0 Å². The van der Waals surface area contributed by atoms with Gasteiger partial charge in [0.15, 0.2) is 0 Å². The number of nitrogens with one attached hydrogen (secondary N) is 1. The van der Waals surface area contributed by atoms with Gasteiger partial charge >= 0.3 is 0 Å². The first-order valence-electron chi connectivity index (χ1n) is 5.78. The lowest BCUT2D eigenvalue weighted by molar-refractivity contribution is -0.133. The Hall–Kier alpha value is -0.580. The van der Waals surface area contributed by atoms with Crippen LogP contribution in [-0.4, -0.2) is 36.5 Å². The van der Waals surface area contributed by atoms with Crippen molar-refractivity contribution in [1.29, 1.82) is 0 Å². The summed E-state index contributed by atoms with van der Waals surface area (Å²) in [6.07, 6.45) is 1.51. The Morgan fingerprint density at radius 3 is 3.12 bits per heavy atom. The fraction of sp³-hybridized carbons (Fsp3) is 0.583. The first-order valence-corrected chi connectivity index (χ1v) is 6.73. The largest absolute Gasteiger partial charge is 0.337 e. The van der Waals surface area contributed by atoms with Gasteiger partial charge in [-0.1, -0.05) is 0 Å². The minimum atomic E-state index is 0. The van der Waals surface area contributed by atoms with Crippen LogP contribution in [0.3, 0.4) is 0 Å². The van der Waals surface area contributed by atoms with Crippen LogP contribution in [0.4, 0.5) is 0 Å². The molecular formula is C12H19ClN2OS. The Balaban J connectivity index is 0.00000144. The van der Waals surface area contributed by atoms with E-state index in [0.29, 0.717) is 18.4 Å². The van der Waals surface area contributed by atoms with Gasteiger partial charge in [-0.25, -0.2) is 0 Å². The second kappa shape index (κ2) is 6.99. The van der Waals surface area contributed by atoms with Crippen molar-refractivity contribution in [2.45, 2.75) is 25.8 Å². The van der Waals surface area contributed by atoms with E-state index in [4.69, 9.17) is 0 Å². The lowest BCUT2D eigenvalue weighted by Gasteiger charge is -2.34. The van der Waals surface area contributed by atoms with Gasteiger partial charge in [0, 0.05) is 32.1 Å². The summed E-state index contributed by atoms with van der Waals surface area (Å²) in [6.45, 7) is 4.80. The number of piperazine rings is 1. The summed E-state index contributed by atoms with van der Waals surface area (Å²) in [5.41, 5.74) is 1.28. The molecule has 2 rings (SSSR count). The van der Waals surface area contributed by atoms with E-state index in [9.17, 15) is 4.79 Å². The van der Waals surface area contributed by atoms with E-state index < -0.39 is 0 Å². The standard InChI is InChI=1S/C12H18N2OS.ClH/c1-10-8-13-5-6-14(10)12(15)3-2-11-4-7-16-9-11;/h4,7,9-10,13H,2-3,5-6,8H2,1H3;1H. The van der Waals surface area contributed by atoms with Crippen LogP contribution in [0.5, 0.6) is 0 Å². The Kier molecular flexibility index (Phi) is 5.95. The molecular weight excluding hydrogens is 256 g/mol. The maximum Gasteiger partial charge on any atom is 0.223 e. The molecule has 5 heteroatoms. The second-order valence-corrected chi connectivity index (χ2v) is 5.05. The predicted molar refractivity (Wildman–Crippen MR) is 73.9 cm³/mol. The molecule has 0 radical (unpaired) electrons. The van der Waals surface area contributed by atoms with Crippen molar-refractivity contribution in [2.24, 2.45) is 0 Å². The highest BCUT2D eigenvalue weighted by molar-refractivity contribution is 7.07. The van der Waals surface area contributed by atoms with Gasteiger partial charge in [0.1, 0.15) is 0 Å². The zero-order valence-electron chi connectivity index (χ0n) is 10.0. The van der Waals surface area contributed by atoms with E-state index >= 15 is 0 Å². The van der Waals surface area contributed by atoms with Gasteiger partial charge < -0.3 is 10.2 Å². The van der Waals surface area contributed by atoms with Crippen LogP contribution in [0.15, 0.2) is 16.8 Å². The number of hydrogen-bond donors (Lipinski definition) is 1. The van der Waals surface area contributed by atoms with Crippen molar-refractivity contribution in [3.8, 4) is 0 Å². The number of amides is 1. The average molecular weight is 275 g/mol. The fourth-order valence-corrected chi connectivity index (χ4v) is 2.74. The van der Waals surface area contributed by atoms with Gasteiger partial charge in [0.05, 0.1) is 0 Å². The number of hydrogen-bond acceptors (Lipinski definition) is 3. The van der Waals surface area contributed by atoms with Gasteiger partial charge in [-0.05, 0) is 35.7 Å². The van der Waals surface area contributed by atoms with E-state index in [-0.39, 0.29) is 12.4 Å². The molecule has 0 aromatic carbocycles. The molecule has 0 spiro atoms. The summed E-state index contributed by atoms with van der Waals surface area (Å²) in [4.78, 5) is 14.0.